The van der Waals surface area contributed by atoms with Gasteiger partial charge in [-0.1, -0.05) is 30.3 Å². The van der Waals surface area contributed by atoms with Gasteiger partial charge in [0.05, 0.1) is 23.0 Å². The molecule has 40 heavy (non-hydrogen) atoms. The Hall–Kier alpha value is -4.47. The lowest BCUT2D eigenvalue weighted by Crippen LogP contribution is -2.42. The number of carbonyl (C=O) groups is 1. The maximum absolute atomic E-state index is 13.8. The molecule has 1 amide bonds. The fourth-order valence-corrected chi connectivity index (χ4v) is 4.91. The lowest BCUT2D eigenvalue weighted by molar-refractivity contribution is 0.0182. The van der Waals surface area contributed by atoms with Crippen molar-refractivity contribution in [2.45, 2.75) is 45.3 Å². The van der Waals surface area contributed by atoms with E-state index in [1.165, 1.54) is 12.1 Å². The molecule has 2 aromatic carbocycles. The number of hydrogen-bond acceptors (Lipinski definition) is 6. The molecule has 208 valence electrons. The van der Waals surface area contributed by atoms with Gasteiger partial charge in [-0.05, 0) is 69.5 Å². The first kappa shape index (κ1) is 27.1. The maximum Gasteiger partial charge on any atom is 0.410 e. The summed E-state index contributed by atoms with van der Waals surface area (Å²) in [5.41, 5.74) is 1.23. The van der Waals surface area contributed by atoms with Crippen molar-refractivity contribution in [3.8, 4) is 34.3 Å². The minimum atomic E-state index is -0.581. The Bertz CT molecular complexity index is 1550. The molecular formula is C30H32FN5O4. The topological polar surface area (TPSA) is 91.5 Å². The van der Waals surface area contributed by atoms with E-state index in [-0.39, 0.29) is 23.7 Å². The second-order valence-electron chi connectivity index (χ2n) is 10.7. The van der Waals surface area contributed by atoms with Crippen molar-refractivity contribution in [3.63, 3.8) is 0 Å². The lowest BCUT2D eigenvalue weighted by atomic mass is 10.0. The molecule has 1 aliphatic heterocycles. The fraction of sp³-hybridized carbons (Fsp3) is 0.333. The van der Waals surface area contributed by atoms with Crippen LogP contribution in [0.25, 0.3) is 22.5 Å². The Morgan fingerprint density at radius 2 is 1.68 bits per heavy atom. The van der Waals surface area contributed by atoms with Gasteiger partial charge in [-0.15, -0.1) is 0 Å². The predicted molar refractivity (Wildman–Crippen MR) is 149 cm³/mol. The summed E-state index contributed by atoms with van der Waals surface area (Å²) in [6.07, 6.45) is 2.45. The summed E-state index contributed by atoms with van der Waals surface area (Å²) >= 11 is 0. The van der Waals surface area contributed by atoms with E-state index in [1.807, 2.05) is 43.7 Å². The number of aromatic nitrogens is 4. The summed E-state index contributed by atoms with van der Waals surface area (Å²) in [6, 6.07) is 16.8. The third-order valence-corrected chi connectivity index (χ3v) is 6.72. The summed E-state index contributed by atoms with van der Waals surface area (Å²) in [4.78, 5) is 37.0. The number of amides is 1. The SMILES string of the molecule is Cn1c(=O)c(-c2ccc(F)cc2)c(-c2ccnc(Oc3ccccc3)n2)n1C1CCN(C(=O)OC(C)(C)C)CC1. The van der Waals surface area contributed by atoms with Gasteiger partial charge in [-0.2, -0.15) is 4.98 Å². The van der Waals surface area contributed by atoms with Gasteiger partial charge in [0.25, 0.3) is 5.56 Å². The highest BCUT2D eigenvalue weighted by Gasteiger charge is 2.32. The number of para-hydroxylation sites is 1. The lowest BCUT2D eigenvalue weighted by Gasteiger charge is -2.35. The largest absolute Gasteiger partial charge is 0.444 e. The van der Waals surface area contributed by atoms with Gasteiger partial charge in [0.2, 0.25) is 0 Å². The molecule has 0 bridgehead atoms. The van der Waals surface area contributed by atoms with Crippen LogP contribution in [0.15, 0.2) is 71.7 Å². The number of piperidine rings is 1. The molecule has 0 N–H and O–H groups in total. The molecule has 0 saturated carbocycles. The highest BCUT2D eigenvalue weighted by molar-refractivity contribution is 5.79. The number of halogens is 1. The Kier molecular flexibility index (Phi) is 7.42. The highest BCUT2D eigenvalue weighted by atomic mass is 19.1. The molecule has 0 radical (unpaired) electrons. The van der Waals surface area contributed by atoms with Crippen LogP contribution in [0.5, 0.6) is 11.8 Å². The summed E-state index contributed by atoms with van der Waals surface area (Å²) in [6.45, 7) is 6.47. The fourth-order valence-electron chi connectivity index (χ4n) is 4.91. The molecule has 1 aliphatic rings. The van der Waals surface area contributed by atoms with Gasteiger partial charge in [-0.3, -0.25) is 14.2 Å². The minimum absolute atomic E-state index is 0.103. The number of ether oxygens (including phenoxy) is 2. The van der Waals surface area contributed by atoms with Gasteiger partial charge >= 0.3 is 12.1 Å². The van der Waals surface area contributed by atoms with E-state index in [1.54, 1.807) is 53.2 Å². The van der Waals surface area contributed by atoms with Crippen LogP contribution < -0.4 is 10.3 Å². The molecular weight excluding hydrogens is 513 g/mol. The van der Waals surface area contributed by atoms with Crippen LogP contribution in [-0.2, 0) is 11.8 Å². The monoisotopic (exact) mass is 545 g/mol. The molecule has 1 fully saturated rings. The van der Waals surface area contributed by atoms with Crippen LogP contribution in [0.4, 0.5) is 9.18 Å². The second kappa shape index (κ2) is 11.0. The number of likely N-dealkylation sites (tertiary alicyclic amines) is 1. The van der Waals surface area contributed by atoms with Crippen LogP contribution >= 0.6 is 0 Å². The van der Waals surface area contributed by atoms with Gasteiger partial charge in [0.15, 0.2) is 0 Å². The van der Waals surface area contributed by atoms with Crippen molar-refractivity contribution in [1.82, 2.24) is 24.2 Å². The van der Waals surface area contributed by atoms with Crippen LogP contribution in [0.1, 0.15) is 39.7 Å². The van der Waals surface area contributed by atoms with Gasteiger partial charge in [-0.25, -0.2) is 14.2 Å². The molecule has 0 unspecified atom stereocenters. The van der Waals surface area contributed by atoms with Crippen molar-refractivity contribution in [2.24, 2.45) is 7.05 Å². The van der Waals surface area contributed by atoms with Crippen LogP contribution in [0, 0.1) is 5.82 Å². The molecule has 3 heterocycles. The Morgan fingerprint density at radius 3 is 2.33 bits per heavy atom. The van der Waals surface area contributed by atoms with E-state index in [2.05, 4.69) is 9.97 Å². The normalized spacial score (nSPS) is 14.3. The number of nitrogens with zero attached hydrogens (tertiary/aromatic N) is 5. The first-order valence-electron chi connectivity index (χ1n) is 13.2. The van der Waals surface area contributed by atoms with Crippen LogP contribution in [0.3, 0.4) is 0 Å². The van der Waals surface area contributed by atoms with E-state index in [9.17, 15) is 14.0 Å². The zero-order valence-corrected chi connectivity index (χ0v) is 23.0. The number of benzene rings is 2. The molecule has 5 rings (SSSR count). The van der Waals surface area contributed by atoms with Crippen molar-refractivity contribution < 1.29 is 18.7 Å². The average Bonchev–Trinajstić information content (AvgIpc) is 3.19. The Labute approximate surface area is 231 Å². The Balaban J connectivity index is 1.55. The van der Waals surface area contributed by atoms with Crippen molar-refractivity contribution in [1.29, 1.82) is 0 Å². The first-order valence-corrected chi connectivity index (χ1v) is 13.2. The third kappa shape index (κ3) is 5.75. The van der Waals surface area contributed by atoms with Crippen molar-refractivity contribution >= 4 is 6.09 Å². The predicted octanol–water partition coefficient (Wildman–Crippen LogP) is 5.81. The van der Waals surface area contributed by atoms with Gasteiger partial charge in [0.1, 0.15) is 17.2 Å². The van der Waals surface area contributed by atoms with Crippen LogP contribution in [0.2, 0.25) is 0 Å². The molecule has 1 saturated heterocycles. The molecule has 0 atom stereocenters. The first-order chi connectivity index (χ1) is 19.1. The van der Waals surface area contributed by atoms with E-state index in [4.69, 9.17) is 9.47 Å². The zero-order chi connectivity index (χ0) is 28.4. The Morgan fingerprint density at radius 1 is 1.00 bits per heavy atom. The number of carbonyl (C=O) groups excluding carboxylic acids is 1. The molecule has 4 aromatic rings. The number of rotatable bonds is 5. The van der Waals surface area contributed by atoms with E-state index < -0.39 is 11.4 Å². The van der Waals surface area contributed by atoms with Crippen molar-refractivity contribution in [3.05, 3.63) is 83.0 Å². The summed E-state index contributed by atoms with van der Waals surface area (Å²) in [5.74, 6) is 0.190. The molecule has 0 spiro atoms. The van der Waals surface area contributed by atoms with E-state index in [0.717, 1.165) is 0 Å². The third-order valence-electron chi connectivity index (χ3n) is 6.72. The second-order valence-corrected chi connectivity index (χ2v) is 10.7. The maximum atomic E-state index is 13.8. The summed E-state index contributed by atoms with van der Waals surface area (Å²) in [7, 11) is 1.71. The summed E-state index contributed by atoms with van der Waals surface area (Å²) in [5, 5.41) is 0. The average molecular weight is 546 g/mol. The standard InChI is InChI=1S/C30H32FN5O4/c1-30(2,3)40-29(38)35-18-15-22(16-19-35)36-26(25(27(37)34(36)4)20-10-12-21(31)13-11-20)24-14-17-32-28(33-24)39-23-8-6-5-7-9-23/h5-14,17,22H,15-16,18-19H2,1-4H3. The summed E-state index contributed by atoms with van der Waals surface area (Å²) < 4.78 is 28.7. The van der Waals surface area contributed by atoms with Crippen molar-refractivity contribution in [2.75, 3.05) is 13.1 Å². The molecule has 10 heteroatoms. The zero-order valence-electron chi connectivity index (χ0n) is 23.0. The van der Waals surface area contributed by atoms with E-state index in [0.29, 0.717) is 54.2 Å². The van der Waals surface area contributed by atoms with Crippen LogP contribution in [-0.4, -0.2) is 49.0 Å². The quantitative estimate of drug-likeness (QED) is 0.314. The van der Waals surface area contributed by atoms with Gasteiger partial charge in [0, 0.05) is 26.3 Å². The van der Waals surface area contributed by atoms with Gasteiger partial charge < -0.3 is 14.4 Å². The molecule has 0 aliphatic carbocycles. The smallest absolute Gasteiger partial charge is 0.410 e. The van der Waals surface area contributed by atoms with E-state index >= 15 is 0 Å². The molecule has 9 nitrogen and oxygen atoms in total. The minimum Gasteiger partial charge on any atom is -0.444 e. The highest BCUT2D eigenvalue weighted by Crippen LogP contribution is 2.35. The number of hydrogen-bond donors (Lipinski definition) is 0. The molecule has 2 aromatic heterocycles.